The highest BCUT2D eigenvalue weighted by Gasteiger charge is 2.36. The van der Waals surface area contributed by atoms with Gasteiger partial charge in [-0.3, -0.25) is 9.48 Å². The molecule has 1 aromatic heterocycles. The number of hydrogen-bond acceptors (Lipinski definition) is 6. The van der Waals surface area contributed by atoms with Gasteiger partial charge in [0.2, 0.25) is 5.91 Å². The van der Waals surface area contributed by atoms with Crippen LogP contribution in [0, 0.1) is 17.8 Å². The summed E-state index contributed by atoms with van der Waals surface area (Å²) in [5.74, 6) is 1.83. The summed E-state index contributed by atoms with van der Waals surface area (Å²) in [6, 6.07) is 8.94. The van der Waals surface area contributed by atoms with Crippen LogP contribution < -0.4 is 4.90 Å². The van der Waals surface area contributed by atoms with Gasteiger partial charge in [0.15, 0.2) is 0 Å². The minimum absolute atomic E-state index is 0.0931. The normalized spacial score (nSPS) is 24.3. The number of benzene rings is 1. The van der Waals surface area contributed by atoms with E-state index in [1.165, 1.54) is 12.8 Å². The van der Waals surface area contributed by atoms with Crippen molar-refractivity contribution in [1.82, 2.24) is 14.7 Å². The standard InChI is InChI=1S/C40H54N4O5/c1-27(2)38(48-5)20-9-28(3)30-12-10-29(11-13-30)23-43(35-8-6-7-32(21-35)33-22-41-44(24-33)34-16-17-34)39(45)31-14-18-36(19-15-31)49-40(46)42-25-37(26-42)47-4/h6-9,20-22,24,29-31,34,36-37H,3,10-19,23,25-26H2,1-2,4-5H3/b20-9-/t29-,30-,31-,36-. The first-order chi connectivity index (χ1) is 23.7. The summed E-state index contributed by atoms with van der Waals surface area (Å²) < 4.78 is 18.7. The number of nitrogens with zero attached hydrogens (tertiary/aromatic N) is 4. The molecule has 0 radical (unpaired) electrons. The molecule has 1 aliphatic heterocycles. The van der Waals surface area contributed by atoms with Gasteiger partial charge in [-0.1, -0.05) is 30.4 Å². The summed E-state index contributed by atoms with van der Waals surface area (Å²) in [4.78, 5) is 30.8. The number of amides is 2. The van der Waals surface area contributed by atoms with Gasteiger partial charge >= 0.3 is 6.09 Å². The molecule has 6 rings (SSSR count). The predicted octanol–water partition coefficient (Wildman–Crippen LogP) is 8.10. The first kappa shape index (κ1) is 35.0. The van der Waals surface area contributed by atoms with Crippen molar-refractivity contribution in [2.24, 2.45) is 17.8 Å². The van der Waals surface area contributed by atoms with Crippen molar-refractivity contribution in [3.05, 3.63) is 72.3 Å². The molecule has 2 heterocycles. The number of methoxy groups -OCH3 is 2. The second kappa shape index (κ2) is 15.8. The summed E-state index contributed by atoms with van der Waals surface area (Å²) >= 11 is 0. The smallest absolute Gasteiger partial charge is 0.410 e. The average Bonchev–Trinajstić information content (AvgIpc) is 3.82. The molecular weight excluding hydrogens is 616 g/mol. The molecule has 2 amide bonds. The lowest BCUT2D eigenvalue weighted by atomic mass is 9.78. The van der Waals surface area contributed by atoms with Gasteiger partial charge in [0.05, 0.1) is 38.5 Å². The largest absolute Gasteiger partial charge is 0.497 e. The van der Waals surface area contributed by atoms with Gasteiger partial charge in [0.1, 0.15) is 11.9 Å². The molecule has 0 N–H and O–H groups in total. The number of likely N-dealkylation sites (tertiary alicyclic amines) is 1. The van der Waals surface area contributed by atoms with Gasteiger partial charge in [-0.2, -0.15) is 5.10 Å². The molecule has 0 bridgehead atoms. The molecule has 9 heteroatoms. The second-order valence-corrected chi connectivity index (χ2v) is 14.8. The molecule has 1 aromatic carbocycles. The number of carbonyl (C=O) groups is 2. The first-order valence-corrected chi connectivity index (χ1v) is 18.2. The highest BCUT2D eigenvalue weighted by atomic mass is 16.6. The van der Waals surface area contributed by atoms with E-state index >= 15 is 0 Å². The fourth-order valence-electron chi connectivity index (χ4n) is 7.53. The van der Waals surface area contributed by atoms with Crippen LogP contribution in [0.4, 0.5) is 10.5 Å². The first-order valence-electron chi connectivity index (χ1n) is 18.2. The van der Waals surface area contributed by atoms with Crippen molar-refractivity contribution in [2.75, 3.05) is 38.8 Å². The van der Waals surface area contributed by atoms with Crippen LogP contribution >= 0.6 is 0 Å². The lowest BCUT2D eigenvalue weighted by molar-refractivity contribution is -0.124. The van der Waals surface area contributed by atoms with E-state index in [9.17, 15) is 9.59 Å². The van der Waals surface area contributed by atoms with Crippen molar-refractivity contribution in [3.8, 4) is 11.1 Å². The van der Waals surface area contributed by atoms with Crippen molar-refractivity contribution >= 4 is 17.7 Å². The fourth-order valence-corrected chi connectivity index (χ4v) is 7.53. The van der Waals surface area contributed by atoms with Crippen molar-refractivity contribution in [2.45, 2.75) is 96.3 Å². The molecule has 0 spiro atoms. The predicted molar refractivity (Wildman–Crippen MR) is 192 cm³/mol. The van der Waals surface area contributed by atoms with Crippen LogP contribution in [-0.2, 0) is 19.0 Å². The Hall–Kier alpha value is -3.85. The molecule has 4 aliphatic rings. The van der Waals surface area contributed by atoms with E-state index in [1.54, 1.807) is 19.1 Å². The highest BCUT2D eigenvalue weighted by Crippen LogP contribution is 2.38. The number of allylic oxidation sites excluding steroid dienone is 4. The van der Waals surface area contributed by atoms with Crippen LogP contribution in [0.1, 0.15) is 84.1 Å². The van der Waals surface area contributed by atoms with Crippen LogP contribution in [0.25, 0.3) is 11.1 Å². The number of ether oxygens (including phenoxy) is 3. The monoisotopic (exact) mass is 670 g/mol. The lowest BCUT2D eigenvalue weighted by Crippen LogP contribution is -2.55. The van der Waals surface area contributed by atoms with E-state index in [0.717, 1.165) is 72.2 Å². The zero-order valence-corrected chi connectivity index (χ0v) is 29.8. The Morgan fingerprint density at radius 1 is 0.918 bits per heavy atom. The molecule has 2 aromatic rings. The molecular formula is C40H54N4O5. The van der Waals surface area contributed by atoms with Crippen LogP contribution in [0.2, 0.25) is 0 Å². The Morgan fingerprint density at radius 2 is 1.63 bits per heavy atom. The van der Waals surface area contributed by atoms with Gasteiger partial charge < -0.3 is 24.0 Å². The summed E-state index contributed by atoms with van der Waals surface area (Å²) in [5, 5.41) is 4.61. The van der Waals surface area contributed by atoms with Gasteiger partial charge in [-0.05, 0) is 119 Å². The van der Waals surface area contributed by atoms with Crippen LogP contribution in [0.3, 0.4) is 0 Å². The molecule has 0 unspecified atom stereocenters. The van der Waals surface area contributed by atoms with Gasteiger partial charge in [0, 0.05) is 37.0 Å². The minimum Gasteiger partial charge on any atom is -0.497 e. The lowest BCUT2D eigenvalue weighted by Gasteiger charge is -2.39. The topological polar surface area (TPSA) is 86.1 Å². The third-order valence-corrected chi connectivity index (χ3v) is 11.0. The van der Waals surface area contributed by atoms with Crippen LogP contribution in [0.5, 0.6) is 0 Å². The summed E-state index contributed by atoms with van der Waals surface area (Å²) in [6.45, 7) is 10.4. The maximum absolute atomic E-state index is 14.4. The maximum atomic E-state index is 14.4. The van der Waals surface area contributed by atoms with Gasteiger partial charge in [-0.15, -0.1) is 0 Å². The molecule has 4 fully saturated rings. The van der Waals surface area contributed by atoms with Crippen molar-refractivity contribution in [3.63, 3.8) is 0 Å². The van der Waals surface area contributed by atoms with Crippen molar-refractivity contribution in [1.29, 1.82) is 0 Å². The quantitative estimate of drug-likeness (QED) is 0.168. The Balaban J connectivity index is 1.11. The average molecular weight is 671 g/mol. The number of hydrogen-bond donors (Lipinski definition) is 0. The third kappa shape index (κ3) is 8.66. The summed E-state index contributed by atoms with van der Waals surface area (Å²) in [6.07, 6.45) is 17.4. The van der Waals surface area contributed by atoms with Crippen LogP contribution in [-0.4, -0.2) is 72.7 Å². The molecule has 49 heavy (non-hydrogen) atoms. The number of rotatable bonds is 12. The maximum Gasteiger partial charge on any atom is 0.410 e. The van der Waals surface area contributed by atoms with E-state index in [2.05, 4.69) is 57.8 Å². The number of anilines is 1. The van der Waals surface area contributed by atoms with E-state index in [4.69, 9.17) is 14.2 Å². The van der Waals surface area contributed by atoms with E-state index in [-0.39, 0.29) is 30.1 Å². The van der Waals surface area contributed by atoms with Gasteiger partial charge in [-0.25, -0.2) is 4.79 Å². The summed E-state index contributed by atoms with van der Waals surface area (Å²) in [7, 11) is 3.37. The molecule has 3 aliphatic carbocycles. The zero-order chi connectivity index (χ0) is 34.5. The molecule has 3 saturated carbocycles. The van der Waals surface area contributed by atoms with E-state index in [1.807, 2.05) is 26.1 Å². The second-order valence-electron chi connectivity index (χ2n) is 14.8. The molecule has 264 valence electrons. The molecule has 1 saturated heterocycles. The number of carbonyl (C=O) groups excluding carboxylic acids is 2. The van der Waals surface area contributed by atoms with Crippen LogP contribution in [0.15, 0.2) is 72.3 Å². The molecule has 9 nitrogen and oxygen atoms in total. The third-order valence-electron chi connectivity index (χ3n) is 11.0. The fraction of sp³-hybridized carbons (Fsp3) is 0.575. The summed E-state index contributed by atoms with van der Waals surface area (Å²) in [5.41, 5.74) is 5.40. The Bertz CT molecular complexity index is 1530. The zero-order valence-electron chi connectivity index (χ0n) is 29.8. The van der Waals surface area contributed by atoms with Gasteiger partial charge in [0.25, 0.3) is 0 Å². The SMILES string of the molecule is C=C(/C=C\C(OC)=C(C)C)[C@H]1CC[C@H](CN(c2cccc(-c3cnn(C4CC4)c3)c2)C(=O)[C@H]2CC[C@H](OC(=O)N3CC(OC)C3)CC2)CC1. The Morgan fingerprint density at radius 3 is 2.29 bits per heavy atom. The van der Waals surface area contributed by atoms with Crippen molar-refractivity contribution < 1.29 is 23.8 Å². The van der Waals surface area contributed by atoms with E-state index in [0.29, 0.717) is 50.4 Å². The highest BCUT2D eigenvalue weighted by molar-refractivity contribution is 5.95. The minimum atomic E-state index is -0.267. The molecule has 0 atom stereocenters. The van der Waals surface area contributed by atoms with E-state index < -0.39 is 0 Å². The Kier molecular flexibility index (Phi) is 11.3. The number of aromatic nitrogens is 2. The Labute approximate surface area is 292 Å².